The van der Waals surface area contributed by atoms with Gasteiger partial charge in [-0.25, -0.2) is 14.1 Å². The number of rotatable bonds is 14. The lowest BCUT2D eigenvalue weighted by Crippen LogP contribution is -2.42. The number of ketones is 1. The van der Waals surface area contributed by atoms with Crippen LogP contribution in [0.1, 0.15) is 72.9 Å². The van der Waals surface area contributed by atoms with Crippen LogP contribution in [-0.4, -0.2) is 58.2 Å². The minimum absolute atomic E-state index is 0.00634. The molecule has 50 heavy (non-hydrogen) atoms. The zero-order valence-electron chi connectivity index (χ0n) is 25.9. The summed E-state index contributed by atoms with van der Waals surface area (Å²) >= 11 is 0. The first-order valence-corrected chi connectivity index (χ1v) is 15.3. The van der Waals surface area contributed by atoms with Crippen molar-refractivity contribution in [2.24, 2.45) is 5.92 Å². The van der Waals surface area contributed by atoms with Gasteiger partial charge in [0.1, 0.15) is 6.42 Å². The Kier molecular flexibility index (Phi) is 12.2. The van der Waals surface area contributed by atoms with Gasteiger partial charge in [0.05, 0.1) is 22.3 Å². The van der Waals surface area contributed by atoms with Crippen LogP contribution in [0.15, 0.2) is 24.3 Å². The zero-order valence-corrected chi connectivity index (χ0v) is 25.9. The molecule has 0 unspecified atom stereocenters. The number of carbonyl (C=O) groups is 2. The maximum absolute atomic E-state index is 13.8. The van der Waals surface area contributed by atoms with Gasteiger partial charge < -0.3 is 20.4 Å². The van der Waals surface area contributed by atoms with Crippen LogP contribution in [0.25, 0.3) is 11.2 Å². The molecule has 0 radical (unpaired) electrons. The summed E-state index contributed by atoms with van der Waals surface area (Å²) in [5.41, 5.74) is -2.21. The molecule has 0 atom stereocenters. The lowest BCUT2D eigenvalue weighted by molar-refractivity contribution is -0.166. The van der Waals surface area contributed by atoms with E-state index in [2.05, 4.69) is 20.3 Å². The summed E-state index contributed by atoms with van der Waals surface area (Å²) in [6.07, 6.45) is -16.5. The second kappa shape index (κ2) is 15.8. The van der Waals surface area contributed by atoms with E-state index < -0.39 is 79.5 Å². The molecule has 0 saturated heterocycles. The first-order valence-electron chi connectivity index (χ1n) is 15.3. The number of benzene rings is 1. The van der Waals surface area contributed by atoms with Gasteiger partial charge in [0, 0.05) is 19.0 Å². The molecule has 20 heteroatoms. The van der Waals surface area contributed by atoms with Crippen LogP contribution >= 0.6 is 0 Å². The molecule has 1 aliphatic rings. The molecule has 2 heterocycles. The van der Waals surface area contributed by atoms with Crippen molar-refractivity contribution in [1.29, 1.82) is 0 Å². The minimum Gasteiger partial charge on any atom is -0.471 e. The zero-order chi connectivity index (χ0) is 36.9. The summed E-state index contributed by atoms with van der Waals surface area (Å²) in [7, 11) is 0. The highest BCUT2D eigenvalue weighted by Crippen LogP contribution is 2.37. The van der Waals surface area contributed by atoms with E-state index in [1.807, 2.05) is 5.32 Å². The number of halogens is 11. The summed E-state index contributed by atoms with van der Waals surface area (Å²) in [4.78, 5) is 35.4. The largest absolute Gasteiger partial charge is 0.471 e. The van der Waals surface area contributed by atoms with Crippen molar-refractivity contribution < 1.29 is 62.6 Å². The second-order valence-electron chi connectivity index (χ2n) is 11.7. The molecular weight excluding hydrogens is 701 g/mol. The third-order valence-corrected chi connectivity index (χ3v) is 7.81. The van der Waals surface area contributed by atoms with Crippen LogP contribution in [-0.2, 0) is 17.5 Å². The van der Waals surface area contributed by atoms with E-state index in [1.54, 1.807) is 5.32 Å². The predicted molar refractivity (Wildman–Crippen MR) is 156 cm³/mol. The highest BCUT2D eigenvalue weighted by Gasteiger charge is 2.35. The molecule has 4 rings (SSSR count). The van der Waals surface area contributed by atoms with Crippen molar-refractivity contribution in [1.82, 2.24) is 25.6 Å². The molecule has 0 aliphatic heterocycles. The number of alkyl halides is 11. The van der Waals surface area contributed by atoms with Gasteiger partial charge in [-0.1, -0.05) is 12.5 Å². The number of aromatic nitrogens is 3. The van der Waals surface area contributed by atoms with E-state index in [-0.39, 0.29) is 40.6 Å². The monoisotopic (exact) mass is 732 g/mol. The number of imidazole rings is 1. The molecule has 3 aromatic rings. The van der Waals surface area contributed by atoms with Crippen molar-refractivity contribution in [3.63, 3.8) is 0 Å². The number of hydrogen-bond acceptors (Lipinski definition) is 7. The molecule has 4 N–H and O–H groups in total. The Balaban J connectivity index is 1.49. The SMILES string of the molecule is O=C(CC(F)(F)F)NCc1ccc(C(F)(F)F)c(Nc2nc3nc(OCC(F)F)c(C(=O)CCCC4CCC(NC(F)(F)F)CC4)cc3[nH]2)c1. The van der Waals surface area contributed by atoms with E-state index in [0.717, 1.165) is 12.1 Å². The number of ether oxygens (including phenoxy) is 1. The van der Waals surface area contributed by atoms with E-state index in [0.29, 0.717) is 44.6 Å². The predicted octanol–water partition coefficient (Wildman–Crippen LogP) is 7.95. The van der Waals surface area contributed by atoms with Crippen molar-refractivity contribution in [2.75, 3.05) is 11.9 Å². The number of carbonyl (C=O) groups excluding carboxylic acids is 2. The summed E-state index contributed by atoms with van der Waals surface area (Å²) in [5.74, 6) is -2.69. The standard InChI is InChI=1S/C30H31F11N6O3/c31-23(32)14-50-26-18(22(48)3-1-2-15-4-7-17(8-5-15)47-30(39,40)41)11-21-25(45-26)46-27(44-21)43-20-10-16(6-9-19(20)29(36,37)38)13-42-24(49)12-28(33,34)35/h6,9-11,15,17,23,47H,1-5,7-8,12-14H2,(H,42,49)(H2,43,44,45,46). The number of amides is 1. The fraction of sp³-hybridized carbons (Fsp3) is 0.533. The Bertz CT molecular complexity index is 1630. The quantitative estimate of drug-likeness (QED) is 0.0755. The van der Waals surface area contributed by atoms with Gasteiger partial charge in [0.15, 0.2) is 18.0 Å². The summed E-state index contributed by atoms with van der Waals surface area (Å²) in [5, 5.41) is 6.00. The van der Waals surface area contributed by atoms with E-state index in [1.165, 1.54) is 6.07 Å². The number of H-pyrrole nitrogens is 1. The van der Waals surface area contributed by atoms with E-state index in [9.17, 15) is 57.9 Å². The first kappa shape index (κ1) is 38.6. The summed E-state index contributed by atoms with van der Waals surface area (Å²) in [6, 6.07) is 3.05. The normalized spacial score (nSPS) is 17.3. The number of aromatic amines is 1. The van der Waals surface area contributed by atoms with Gasteiger partial charge in [-0.2, -0.15) is 49.5 Å². The molecule has 0 bridgehead atoms. The topological polar surface area (TPSA) is 121 Å². The van der Waals surface area contributed by atoms with Crippen molar-refractivity contribution >= 4 is 34.5 Å². The van der Waals surface area contributed by atoms with E-state index in [4.69, 9.17) is 4.74 Å². The first-order chi connectivity index (χ1) is 23.3. The van der Waals surface area contributed by atoms with Crippen molar-refractivity contribution in [3.05, 3.63) is 41.0 Å². The number of fused-ring (bicyclic) bond motifs is 1. The molecule has 0 spiro atoms. The molecule has 2 aromatic heterocycles. The smallest absolute Gasteiger partial charge is 0.457 e. The molecule has 276 valence electrons. The molecule has 1 aromatic carbocycles. The number of nitrogens with one attached hydrogen (secondary N) is 4. The molecular formula is C30H31F11N6O3. The number of pyridine rings is 1. The Labute approximate surface area is 276 Å². The third-order valence-electron chi connectivity index (χ3n) is 7.81. The maximum atomic E-state index is 13.8. The van der Waals surface area contributed by atoms with Crippen LogP contribution in [0.4, 0.5) is 59.9 Å². The lowest BCUT2D eigenvalue weighted by atomic mass is 9.83. The molecule has 1 amide bonds. The molecule has 1 aliphatic carbocycles. The summed E-state index contributed by atoms with van der Waals surface area (Å²) < 4.78 is 148. The number of Topliss-reactive ketones (excluding diaryl/α,β-unsaturated/α-hetero) is 1. The Morgan fingerprint density at radius 1 is 0.960 bits per heavy atom. The Morgan fingerprint density at radius 2 is 1.66 bits per heavy atom. The number of hydrogen-bond donors (Lipinski definition) is 4. The van der Waals surface area contributed by atoms with Crippen molar-refractivity contribution in [2.45, 2.75) is 89.0 Å². The van der Waals surface area contributed by atoms with E-state index >= 15 is 0 Å². The van der Waals surface area contributed by atoms with Crippen LogP contribution in [0, 0.1) is 5.92 Å². The number of nitrogens with zero attached hydrogens (tertiary/aromatic N) is 2. The molecule has 9 nitrogen and oxygen atoms in total. The summed E-state index contributed by atoms with van der Waals surface area (Å²) in [6.45, 7) is -1.67. The van der Waals surface area contributed by atoms with Gasteiger partial charge in [-0.15, -0.1) is 0 Å². The Hall–Kier alpha value is -4.23. The lowest BCUT2D eigenvalue weighted by Gasteiger charge is -2.29. The van der Waals surface area contributed by atoms with Gasteiger partial charge in [-0.3, -0.25) is 9.59 Å². The van der Waals surface area contributed by atoms with Gasteiger partial charge in [0.2, 0.25) is 17.7 Å². The third kappa shape index (κ3) is 11.7. The molecule has 1 fully saturated rings. The average molecular weight is 733 g/mol. The number of anilines is 2. The minimum atomic E-state index is -4.90. The Morgan fingerprint density at radius 3 is 2.28 bits per heavy atom. The maximum Gasteiger partial charge on any atom is 0.457 e. The van der Waals surface area contributed by atoms with Crippen molar-refractivity contribution in [3.8, 4) is 5.88 Å². The highest BCUT2D eigenvalue weighted by molar-refractivity contribution is 6.00. The fourth-order valence-electron chi connectivity index (χ4n) is 5.57. The van der Waals surface area contributed by atoms with Gasteiger partial charge in [-0.05, 0) is 61.8 Å². The van der Waals surface area contributed by atoms with Crippen LogP contribution < -0.4 is 20.7 Å². The van der Waals surface area contributed by atoms with Gasteiger partial charge >= 0.3 is 18.7 Å². The van der Waals surface area contributed by atoms with Crippen LogP contribution in [0.3, 0.4) is 0 Å². The van der Waals surface area contributed by atoms with Gasteiger partial charge in [0.25, 0.3) is 6.43 Å². The average Bonchev–Trinajstić information content (AvgIpc) is 3.38. The fourth-order valence-corrected chi connectivity index (χ4v) is 5.57. The highest BCUT2D eigenvalue weighted by atomic mass is 19.4. The molecule has 1 saturated carbocycles. The van der Waals surface area contributed by atoms with Crippen LogP contribution in [0.5, 0.6) is 5.88 Å². The second-order valence-corrected chi connectivity index (χ2v) is 11.7. The van der Waals surface area contributed by atoms with Crippen LogP contribution in [0.2, 0.25) is 0 Å².